The second-order valence-corrected chi connectivity index (χ2v) is 14.4. The Labute approximate surface area is 205 Å². The van der Waals surface area contributed by atoms with Crippen molar-refractivity contribution < 1.29 is 9.32 Å². The van der Waals surface area contributed by atoms with Gasteiger partial charge in [-0.3, -0.25) is 0 Å². The van der Waals surface area contributed by atoms with E-state index in [1.54, 1.807) is 0 Å². The highest BCUT2D eigenvalue weighted by Gasteiger charge is 2.42. The van der Waals surface area contributed by atoms with E-state index in [1.807, 2.05) is 0 Å². The van der Waals surface area contributed by atoms with Crippen molar-refractivity contribution in [3.8, 4) is 0 Å². The summed E-state index contributed by atoms with van der Waals surface area (Å²) in [4.78, 5) is 12.9. The Morgan fingerprint density at radius 3 is 1.22 bits per heavy atom. The van der Waals surface area contributed by atoms with Gasteiger partial charge in [-0.1, -0.05) is 105 Å². The van der Waals surface area contributed by atoms with Gasteiger partial charge in [0.05, 0.1) is 24.1 Å². The third-order valence-corrected chi connectivity index (χ3v) is 11.5. The second kappa shape index (κ2) is 23.1. The molecule has 2 unspecified atom stereocenters. The number of carbonyl (C=O) groups excluding carboxylic acids is 1. The fraction of sp³-hybridized carbons (Fsp3) is 0.964. The maximum Gasteiger partial charge on any atom is 0.356 e. The van der Waals surface area contributed by atoms with Gasteiger partial charge in [0.1, 0.15) is 0 Å². The van der Waals surface area contributed by atoms with Crippen LogP contribution in [0.3, 0.4) is 0 Å². The van der Waals surface area contributed by atoms with Crippen molar-refractivity contribution in [3.05, 3.63) is 0 Å². The summed E-state index contributed by atoms with van der Waals surface area (Å²) in [5.41, 5.74) is -0.0342. The standard InChI is InChI=1S/C28H59O2P2/c1-5-9-12-15-18-21-24-32(30-28(29)27(31)8-4,25-22-19-16-13-10-6-2)26-23-20-17-14-11-7-3/h27H,5-26,31H2,1-4H3/q+1. The molecule has 0 aliphatic carbocycles. The lowest BCUT2D eigenvalue weighted by atomic mass is 10.1. The van der Waals surface area contributed by atoms with Gasteiger partial charge in [0.25, 0.3) is 0 Å². The third-order valence-electron chi connectivity index (χ3n) is 6.78. The van der Waals surface area contributed by atoms with Crippen molar-refractivity contribution in [2.45, 2.75) is 155 Å². The topological polar surface area (TPSA) is 26.3 Å². The van der Waals surface area contributed by atoms with Crippen LogP contribution < -0.4 is 0 Å². The molecule has 0 aromatic rings. The summed E-state index contributed by atoms with van der Waals surface area (Å²) in [7, 11) is 1.08. The maximum absolute atomic E-state index is 12.9. The van der Waals surface area contributed by atoms with Crippen LogP contribution in [0, 0.1) is 0 Å². The Hall–Kier alpha value is 0.330. The molecule has 0 spiro atoms. The SMILES string of the molecule is CCCCCCCC[P+](CCCCCCCC)(CCCCCCCC)OC(=O)C(P)CC. The first-order valence-electron chi connectivity index (χ1n) is 14.4. The molecule has 0 heterocycles. The molecule has 0 aliphatic heterocycles. The molecule has 192 valence electrons. The lowest BCUT2D eigenvalue weighted by Gasteiger charge is -2.27. The van der Waals surface area contributed by atoms with Gasteiger partial charge in [-0.25, -0.2) is 4.79 Å². The minimum atomic E-state index is -1.65. The Morgan fingerprint density at radius 2 is 0.906 bits per heavy atom. The van der Waals surface area contributed by atoms with Crippen LogP contribution in [0.4, 0.5) is 0 Å². The van der Waals surface area contributed by atoms with E-state index in [2.05, 4.69) is 36.9 Å². The van der Waals surface area contributed by atoms with Gasteiger partial charge in [0.15, 0.2) is 7.49 Å². The molecule has 0 saturated carbocycles. The molecule has 0 radical (unpaired) electrons. The van der Waals surface area contributed by atoms with Crippen LogP contribution >= 0.6 is 16.7 Å². The minimum Gasteiger partial charge on any atom is -0.313 e. The highest BCUT2D eigenvalue weighted by Crippen LogP contribution is 2.62. The van der Waals surface area contributed by atoms with Crippen molar-refractivity contribution in [1.82, 2.24) is 0 Å². The molecule has 0 aromatic carbocycles. The summed E-state index contributed by atoms with van der Waals surface area (Å²) in [5.74, 6) is 0.0637. The highest BCUT2D eigenvalue weighted by atomic mass is 31.2. The molecule has 2 atom stereocenters. The molecular formula is C28H59O2P2+. The van der Waals surface area contributed by atoms with Crippen molar-refractivity contribution in [1.29, 1.82) is 0 Å². The average molecular weight is 490 g/mol. The number of unbranched alkanes of at least 4 members (excludes halogenated alkanes) is 15. The zero-order valence-electron chi connectivity index (χ0n) is 22.5. The summed E-state index contributed by atoms with van der Waals surface area (Å²) in [6.45, 7) is 8.94. The monoisotopic (exact) mass is 489 g/mol. The Kier molecular flexibility index (Phi) is 23.3. The number of carbonyl (C=O) groups is 1. The molecule has 0 aromatic heterocycles. The maximum atomic E-state index is 12.9. The van der Waals surface area contributed by atoms with Crippen LogP contribution in [-0.2, 0) is 9.32 Å². The molecular weight excluding hydrogens is 430 g/mol. The van der Waals surface area contributed by atoms with Gasteiger partial charge in [-0.05, 0) is 44.9 Å². The van der Waals surface area contributed by atoms with Crippen LogP contribution in [-0.4, -0.2) is 30.1 Å². The van der Waals surface area contributed by atoms with E-state index in [4.69, 9.17) is 4.52 Å². The van der Waals surface area contributed by atoms with E-state index in [0.717, 1.165) is 6.42 Å². The van der Waals surface area contributed by atoms with Gasteiger partial charge in [0.2, 0.25) is 0 Å². The van der Waals surface area contributed by atoms with E-state index in [-0.39, 0.29) is 11.6 Å². The summed E-state index contributed by atoms with van der Waals surface area (Å²) < 4.78 is 6.53. The molecule has 0 aliphatic rings. The van der Waals surface area contributed by atoms with E-state index in [9.17, 15) is 4.79 Å². The van der Waals surface area contributed by atoms with Gasteiger partial charge in [-0.2, -0.15) is 0 Å². The van der Waals surface area contributed by atoms with Crippen LogP contribution in [0.25, 0.3) is 0 Å². The third kappa shape index (κ3) is 17.8. The molecule has 0 rings (SSSR count). The van der Waals surface area contributed by atoms with Crippen molar-refractivity contribution in [2.24, 2.45) is 0 Å². The van der Waals surface area contributed by atoms with Crippen LogP contribution in [0.1, 0.15) is 150 Å². The van der Waals surface area contributed by atoms with Gasteiger partial charge in [0, 0.05) is 0 Å². The molecule has 0 amide bonds. The fourth-order valence-electron chi connectivity index (χ4n) is 4.44. The largest absolute Gasteiger partial charge is 0.356 e. The van der Waals surface area contributed by atoms with Crippen LogP contribution in [0.15, 0.2) is 0 Å². The summed E-state index contributed by atoms with van der Waals surface area (Å²) >= 11 is 0. The molecule has 32 heavy (non-hydrogen) atoms. The first kappa shape index (κ1) is 32.3. The van der Waals surface area contributed by atoms with Crippen LogP contribution in [0.5, 0.6) is 0 Å². The van der Waals surface area contributed by atoms with E-state index in [1.165, 1.54) is 134 Å². The first-order valence-corrected chi connectivity index (χ1v) is 17.3. The normalized spacial score (nSPS) is 12.8. The van der Waals surface area contributed by atoms with Crippen LogP contribution in [0.2, 0.25) is 0 Å². The number of hydrogen-bond acceptors (Lipinski definition) is 2. The predicted molar refractivity (Wildman–Crippen MR) is 152 cm³/mol. The minimum absolute atomic E-state index is 0.0342. The molecule has 4 heteroatoms. The summed E-state index contributed by atoms with van der Waals surface area (Å²) in [6, 6.07) is 0. The lowest BCUT2D eigenvalue weighted by Crippen LogP contribution is -2.22. The van der Waals surface area contributed by atoms with E-state index < -0.39 is 7.49 Å². The first-order chi connectivity index (χ1) is 15.5. The van der Waals surface area contributed by atoms with Crippen molar-refractivity contribution in [2.75, 3.05) is 18.5 Å². The molecule has 2 nitrogen and oxygen atoms in total. The molecule has 0 N–H and O–H groups in total. The van der Waals surface area contributed by atoms with Gasteiger partial charge >= 0.3 is 5.97 Å². The second-order valence-electron chi connectivity index (χ2n) is 9.96. The summed E-state index contributed by atoms with van der Waals surface area (Å²) in [5, 5.41) is 0. The fourth-order valence-corrected chi connectivity index (χ4v) is 8.48. The van der Waals surface area contributed by atoms with E-state index in [0.29, 0.717) is 0 Å². The summed E-state index contributed by atoms with van der Waals surface area (Å²) in [6.07, 6.45) is 28.2. The Morgan fingerprint density at radius 1 is 0.594 bits per heavy atom. The molecule has 0 fully saturated rings. The average Bonchev–Trinajstić information content (AvgIpc) is 2.80. The Balaban J connectivity index is 4.97. The smallest absolute Gasteiger partial charge is 0.313 e. The van der Waals surface area contributed by atoms with Crippen molar-refractivity contribution >= 4 is 22.7 Å². The van der Waals surface area contributed by atoms with E-state index >= 15 is 0 Å². The number of hydrogen-bond donors (Lipinski definition) is 0. The quantitative estimate of drug-likeness (QED) is 0.0995. The Bertz CT molecular complexity index is 373. The zero-order chi connectivity index (χ0) is 23.9. The lowest BCUT2D eigenvalue weighted by molar-refractivity contribution is -0.133. The van der Waals surface area contributed by atoms with Crippen molar-refractivity contribution in [3.63, 3.8) is 0 Å². The number of rotatable bonds is 24. The zero-order valence-corrected chi connectivity index (χ0v) is 24.5. The predicted octanol–water partition coefficient (Wildman–Crippen LogP) is 10.2. The highest BCUT2D eigenvalue weighted by molar-refractivity contribution is 7.71. The molecule has 0 bridgehead atoms. The molecule has 0 saturated heterocycles. The van der Waals surface area contributed by atoms with Gasteiger partial charge < -0.3 is 4.52 Å². The van der Waals surface area contributed by atoms with Gasteiger partial charge in [-0.15, -0.1) is 9.24 Å².